The molecule has 1 atom stereocenters. The number of hydrogen-bond donors (Lipinski definition) is 2. The molecule has 1 aliphatic carbocycles. The van der Waals surface area contributed by atoms with Crippen LogP contribution in [0.2, 0.25) is 0 Å². The molecule has 50 heavy (non-hydrogen) atoms. The van der Waals surface area contributed by atoms with Gasteiger partial charge in [-0.3, -0.25) is 19.4 Å². The number of halogens is 2. The average molecular weight is 689 g/mol. The first-order valence-electron chi connectivity index (χ1n) is 17.5. The zero-order valence-corrected chi connectivity index (χ0v) is 29.0. The van der Waals surface area contributed by atoms with Gasteiger partial charge in [0.2, 0.25) is 5.91 Å². The first-order valence-corrected chi connectivity index (χ1v) is 17.5. The molecule has 3 aromatic rings. The number of piperidine rings is 1. The Morgan fingerprint density at radius 3 is 2.40 bits per heavy atom. The lowest BCUT2D eigenvalue weighted by molar-refractivity contribution is -0.111. The Bertz CT molecular complexity index is 1710. The number of benzene rings is 2. The number of anilines is 5. The van der Waals surface area contributed by atoms with E-state index in [9.17, 15) is 13.6 Å². The number of aromatic nitrogens is 2. The molecule has 0 spiro atoms. The molecule has 7 rings (SSSR count). The summed E-state index contributed by atoms with van der Waals surface area (Å²) in [6.07, 6.45) is 7.90. The molecule has 4 aliphatic rings. The van der Waals surface area contributed by atoms with Crippen LogP contribution in [0, 0.1) is 11.6 Å². The molecule has 1 aromatic heterocycles. The number of rotatable bonds is 10. The first-order chi connectivity index (χ1) is 24.1. The van der Waals surface area contributed by atoms with Crippen LogP contribution in [0.1, 0.15) is 57.6 Å². The van der Waals surface area contributed by atoms with E-state index in [1.807, 2.05) is 12.1 Å². The molecule has 3 saturated heterocycles. The maximum Gasteiger partial charge on any atom is 0.247 e. The molecule has 0 bridgehead atoms. The molecule has 11 nitrogen and oxygen atoms in total. The van der Waals surface area contributed by atoms with Gasteiger partial charge in [0.05, 0.1) is 36.8 Å². The van der Waals surface area contributed by atoms with Crippen LogP contribution < -0.4 is 25.3 Å². The Morgan fingerprint density at radius 1 is 0.960 bits per heavy atom. The number of hydrogen-bond acceptors (Lipinski definition) is 10. The molecule has 3 aliphatic heterocycles. The minimum atomic E-state index is -0.651. The second-order valence-corrected chi connectivity index (χ2v) is 14.2. The third-order valence-corrected chi connectivity index (χ3v) is 10.4. The Morgan fingerprint density at radius 2 is 1.72 bits per heavy atom. The van der Waals surface area contributed by atoms with Crippen molar-refractivity contribution in [2.75, 3.05) is 67.0 Å². The van der Waals surface area contributed by atoms with Crippen molar-refractivity contribution in [1.29, 1.82) is 0 Å². The van der Waals surface area contributed by atoms with Crippen LogP contribution in [0.3, 0.4) is 0 Å². The maximum atomic E-state index is 14.0. The van der Waals surface area contributed by atoms with Crippen LogP contribution in [0.25, 0.3) is 0 Å². The zero-order chi connectivity index (χ0) is 35.0. The average Bonchev–Trinajstić information content (AvgIpc) is 3.81. The number of amides is 1. The lowest BCUT2D eigenvalue weighted by atomic mass is 9.94. The lowest BCUT2D eigenvalue weighted by Gasteiger charge is -2.51. The molecule has 13 heteroatoms. The third kappa shape index (κ3) is 7.26. The first kappa shape index (κ1) is 34.1. The van der Waals surface area contributed by atoms with E-state index in [1.54, 1.807) is 18.2 Å². The predicted molar refractivity (Wildman–Crippen MR) is 190 cm³/mol. The van der Waals surface area contributed by atoms with Gasteiger partial charge in [-0.05, 0) is 69.4 Å². The van der Waals surface area contributed by atoms with Gasteiger partial charge < -0.3 is 20.3 Å². The monoisotopic (exact) mass is 688 g/mol. The van der Waals surface area contributed by atoms with Crippen molar-refractivity contribution in [2.24, 2.45) is 0 Å². The highest BCUT2D eigenvalue weighted by molar-refractivity contribution is 6.02. The summed E-state index contributed by atoms with van der Waals surface area (Å²) in [6.45, 7) is 13.8. The molecule has 1 amide bonds. The van der Waals surface area contributed by atoms with E-state index in [-0.39, 0.29) is 11.4 Å². The predicted octanol–water partition coefficient (Wildman–Crippen LogP) is 6.04. The van der Waals surface area contributed by atoms with E-state index in [2.05, 4.69) is 55.7 Å². The number of nitrogens with one attached hydrogen (secondary N) is 2. The summed E-state index contributed by atoms with van der Waals surface area (Å²) in [6, 6.07) is 9.80. The van der Waals surface area contributed by atoms with E-state index in [0.29, 0.717) is 53.4 Å². The number of methoxy groups -OCH3 is 1. The van der Waals surface area contributed by atoms with Gasteiger partial charge in [-0.1, -0.05) is 6.58 Å². The van der Waals surface area contributed by atoms with E-state index in [4.69, 9.17) is 9.57 Å². The fourth-order valence-electron chi connectivity index (χ4n) is 7.87. The largest absolute Gasteiger partial charge is 0.494 e. The van der Waals surface area contributed by atoms with Gasteiger partial charge in [-0.25, -0.2) is 23.8 Å². The maximum absolute atomic E-state index is 14.0. The molecule has 0 radical (unpaired) electrons. The molecular weight excluding hydrogens is 642 g/mol. The highest BCUT2D eigenvalue weighted by Crippen LogP contribution is 2.41. The van der Waals surface area contributed by atoms with Crippen LogP contribution >= 0.6 is 0 Å². The Kier molecular flexibility index (Phi) is 9.64. The van der Waals surface area contributed by atoms with Crippen LogP contribution in [-0.4, -0.2) is 89.7 Å². The number of carbonyl (C=O) groups excluding carboxylic acids is 1. The van der Waals surface area contributed by atoms with Gasteiger partial charge in [0.1, 0.15) is 29.5 Å². The lowest BCUT2D eigenvalue weighted by Crippen LogP contribution is -2.62. The fraction of sp³-hybridized carbons (Fsp3) is 0.486. The van der Waals surface area contributed by atoms with Crippen LogP contribution in [0.15, 0.2) is 55.4 Å². The Hall–Kier alpha value is -4.33. The topological polar surface area (TPSA) is 98.3 Å². The van der Waals surface area contributed by atoms with Crippen molar-refractivity contribution >= 4 is 34.6 Å². The highest BCUT2D eigenvalue weighted by Gasteiger charge is 2.43. The quantitative estimate of drug-likeness (QED) is 0.246. The third-order valence-electron chi connectivity index (χ3n) is 10.4. The fourth-order valence-corrected chi connectivity index (χ4v) is 7.87. The zero-order valence-electron chi connectivity index (χ0n) is 29.0. The summed E-state index contributed by atoms with van der Waals surface area (Å²) < 4.78 is 33.9. The van der Waals surface area contributed by atoms with Crippen molar-refractivity contribution in [2.45, 2.75) is 69.6 Å². The van der Waals surface area contributed by atoms with Crippen molar-refractivity contribution in [3.05, 3.63) is 72.6 Å². The van der Waals surface area contributed by atoms with E-state index >= 15 is 0 Å². The number of ether oxygens (including phenoxy) is 1. The molecular formula is C37H46F2N8O3. The molecule has 266 valence electrons. The summed E-state index contributed by atoms with van der Waals surface area (Å²) in [7, 11) is 1.60. The normalized spacial score (nSPS) is 21.7. The minimum Gasteiger partial charge on any atom is -0.494 e. The molecule has 2 N–H and O–H groups in total. The molecule has 1 unspecified atom stereocenters. The number of hydroxylamine groups is 1. The number of nitrogens with zero attached hydrogens (tertiary/aromatic N) is 6. The standard InChI is InChI=1S/C37H46F2N8O3/c1-5-36(48)43-29-19-30(42-34-21-35(41-23-40-34)47-31(10-15-50-47)24-16-25(38)18-26(39)17-24)33(49-4)20-32(29)44-11-8-27(9-12-44)45-13-14-46(28-6-7-28)37(2,3)22-45/h5,16-21,23,27-28,31H,1,6-15,22H2,2-4H3,(H,43,48)(H,40,41,42). The van der Waals surface area contributed by atoms with Crippen molar-refractivity contribution < 1.29 is 23.1 Å². The smallest absolute Gasteiger partial charge is 0.247 e. The van der Waals surface area contributed by atoms with Crippen LogP contribution in [-0.2, 0) is 9.63 Å². The Balaban J connectivity index is 1.09. The van der Waals surface area contributed by atoms with Crippen molar-refractivity contribution in [3.8, 4) is 5.75 Å². The highest BCUT2D eigenvalue weighted by atomic mass is 19.1. The summed E-state index contributed by atoms with van der Waals surface area (Å²) in [4.78, 5) is 35.0. The van der Waals surface area contributed by atoms with Gasteiger partial charge in [-0.15, -0.1) is 0 Å². The summed E-state index contributed by atoms with van der Waals surface area (Å²) in [5, 5.41) is 7.86. The van der Waals surface area contributed by atoms with Crippen molar-refractivity contribution in [1.82, 2.24) is 19.8 Å². The van der Waals surface area contributed by atoms with Gasteiger partial charge in [0.15, 0.2) is 5.82 Å². The number of piperazine rings is 1. The minimum absolute atomic E-state index is 0.184. The second-order valence-electron chi connectivity index (χ2n) is 14.2. The summed E-state index contributed by atoms with van der Waals surface area (Å²) >= 11 is 0. The molecule has 1 saturated carbocycles. The van der Waals surface area contributed by atoms with E-state index < -0.39 is 17.7 Å². The van der Waals surface area contributed by atoms with Crippen LogP contribution in [0.4, 0.5) is 37.5 Å². The van der Waals surface area contributed by atoms with Gasteiger partial charge >= 0.3 is 0 Å². The van der Waals surface area contributed by atoms with E-state index in [0.717, 1.165) is 63.4 Å². The second kappa shape index (κ2) is 14.1. The van der Waals surface area contributed by atoms with Gasteiger partial charge in [0, 0.05) is 75.0 Å². The van der Waals surface area contributed by atoms with Gasteiger partial charge in [0.25, 0.3) is 0 Å². The summed E-state index contributed by atoms with van der Waals surface area (Å²) in [5.74, 6) is -0.187. The van der Waals surface area contributed by atoms with Crippen LogP contribution in [0.5, 0.6) is 5.75 Å². The summed E-state index contributed by atoms with van der Waals surface area (Å²) in [5.41, 5.74) is 2.72. The van der Waals surface area contributed by atoms with Crippen molar-refractivity contribution in [3.63, 3.8) is 0 Å². The molecule has 4 fully saturated rings. The van der Waals surface area contributed by atoms with Gasteiger partial charge in [-0.2, -0.15) is 0 Å². The molecule has 4 heterocycles. The van der Waals surface area contributed by atoms with E-state index in [1.165, 1.54) is 37.4 Å². The number of carbonyl (C=O) groups is 1. The molecule has 2 aromatic carbocycles. The Labute approximate surface area is 292 Å². The SMILES string of the molecule is C=CC(=O)Nc1cc(Nc2cc(N3OCCC3c3cc(F)cc(F)c3)ncn2)c(OC)cc1N1CCC(N2CCN(C3CC3)C(C)(C)C2)CC1.